The van der Waals surface area contributed by atoms with Gasteiger partial charge in [0.05, 0.1) is 37.2 Å². The number of para-hydroxylation sites is 1. The predicted octanol–water partition coefficient (Wildman–Crippen LogP) is 4.91. The Morgan fingerprint density at radius 1 is 1.07 bits per heavy atom. The first-order valence-corrected chi connectivity index (χ1v) is 13.6. The molecule has 0 saturated carbocycles. The summed E-state index contributed by atoms with van der Waals surface area (Å²) < 4.78 is 33.2. The number of esters is 1. The van der Waals surface area contributed by atoms with Gasteiger partial charge in [0.15, 0.2) is 0 Å². The first-order valence-electron chi connectivity index (χ1n) is 12.5. The SMILES string of the molecule is COC(=O)c1ccc(OC(F)(C(=O)Cc2ccc(N(C(N)=O)c3ccccc3I)c(OC)c2)C2CCCN2)cc1. The molecular weight excluding hydrogens is 632 g/mol. The minimum Gasteiger partial charge on any atom is -0.495 e. The summed E-state index contributed by atoms with van der Waals surface area (Å²) in [6.45, 7) is 0.554. The number of urea groups is 1. The molecule has 1 saturated heterocycles. The third-order valence-electron chi connectivity index (χ3n) is 6.59. The zero-order valence-corrected chi connectivity index (χ0v) is 24.1. The Labute approximate surface area is 244 Å². The van der Waals surface area contributed by atoms with Crippen molar-refractivity contribution in [1.82, 2.24) is 5.32 Å². The van der Waals surface area contributed by atoms with Gasteiger partial charge >= 0.3 is 17.9 Å². The number of alkyl halides is 1. The van der Waals surface area contributed by atoms with Gasteiger partial charge in [-0.2, -0.15) is 4.39 Å². The van der Waals surface area contributed by atoms with Crippen molar-refractivity contribution in [1.29, 1.82) is 0 Å². The molecule has 2 unspecified atom stereocenters. The molecule has 1 heterocycles. The summed E-state index contributed by atoms with van der Waals surface area (Å²) in [6, 6.07) is 16.2. The monoisotopic (exact) mass is 661 g/mol. The second-order valence-corrected chi connectivity index (χ2v) is 10.3. The highest BCUT2D eigenvalue weighted by Gasteiger charge is 2.49. The van der Waals surface area contributed by atoms with E-state index < -0.39 is 29.7 Å². The zero-order chi connectivity index (χ0) is 28.9. The van der Waals surface area contributed by atoms with E-state index in [4.69, 9.17) is 19.9 Å². The fraction of sp³-hybridized carbons (Fsp3) is 0.276. The lowest BCUT2D eigenvalue weighted by molar-refractivity contribution is -0.156. The summed E-state index contributed by atoms with van der Waals surface area (Å²) in [7, 11) is 2.70. The summed E-state index contributed by atoms with van der Waals surface area (Å²) in [5.41, 5.74) is 7.40. The maximum absolute atomic E-state index is 16.5. The van der Waals surface area contributed by atoms with E-state index in [-0.39, 0.29) is 23.5 Å². The molecule has 3 aromatic carbocycles. The summed E-state index contributed by atoms with van der Waals surface area (Å²) in [6.07, 6.45) is 0.803. The molecule has 9 nitrogen and oxygen atoms in total. The molecule has 1 aliphatic heterocycles. The van der Waals surface area contributed by atoms with Gasteiger partial charge in [0, 0.05) is 9.99 Å². The van der Waals surface area contributed by atoms with E-state index in [1.165, 1.54) is 43.4 Å². The summed E-state index contributed by atoms with van der Waals surface area (Å²) >= 11 is 2.11. The zero-order valence-electron chi connectivity index (χ0n) is 22.0. The molecule has 3 N–H and O–H groups in total. The molecule has 0 aromatic heterocycles. The van der Waals surface area contributed by atoms with Crippen LogP contribution in [0.25, 0.3) is 0 Å². The molecular formula is C29H29FIN3O6. The average molecular weight is 661 g/mol. The predicted molar refractivity (Wildman–Crippen MR) is 156 cm³/mol. The van der Waals surface area contributed by atoms with Crippen molar-refractivity contribution in [3.05, 3.63) is 81.4 Å². The van der Waals surface area contributed by atoms with Crippen molar-refractivity contribution in [2.75, 3.05) is 25.7 Å². The molecule has 1 fully saturated rings. The lowest BCUT2D eigenvalue weighted by Gasteiger charge is -2.31. The van der Waals surface area contributed by atoms with E-state index in [2.05, 4.69) is 27.9 Å². The molecule has 0 radical (unpaired) electrons. The third-order valence-corrected chi connectivity index (χ3v) is 7.51. The van der Waals surface area contributed by atoms with Gasteiger partial charge in [-0.1, -0.05) is 18.2 Å². The van der Waals surface area contributed by atoms with Gasteiger partial charge in [0.2, 0.25) is 5.78 Å². The van der Waals surface area contributed by atoms with Crippen LogP contribution >= 0.6 is 22.6 Å². The molecule has 0 bridgehead atoms. The van der Waals surface area contributed by atoms with Crippen molar-refractivity contribution < 1.29 is 33.0 Å². The van der Waals surface area contributed by atoms with Crippen LogP contribution in [0.5, 0.6) is 11.5 Å². The molecule has 210 valence electrons. The van der Waals surface area contributed by atoms with Crippen molar-refractivity contribution >= 4 is 51.7 Å². The maximum atomic E-state index is 16.5. The topological polar surface area (TPSA) is 120 Å². The van der Waals surface area contributed by atoms with Crippen LogP contribution < -0.4 is 25.4 Å². The number of anilines is 2. The average Bonchev–Trinajstić information content (AvgIpc) is 3.50. The Balaban J connectivity index is 1.62. The second kappa shape index (κ2) is 12.6. The van der Waals surface area contributed by atoms with Crippen LogP contribution in [0.15, 0.2) is 66.7 Å². The number of nitrogens with two attached hydrogens (primary N) is 1. The number of benzene rings is 3. The molecule has 3 aromatic rings. The first kappa shape index (κ1) is 29.3. The highest BCUT2D eigenvalue weighted by molar-refractivity contribution is 14.1. The Bertz CT molecular complexity index is 1400. The number of carbonyl (C=O) groups is 3. The van der Waals surface area contributed by atoms with Crippen LogP contribution in [0.1, 0.15) is 28.8 Å². The molecule has 1 aliphatic rings. The number of nitrogens with one attached hydrogen (secondary N) is 1. The Kier molecular flexibility index (Phi) is 9.25. The molecule has 2 atom stereocenters. The number of primary amides is 1. The van der Waals surface area contributed by atoms with Crippen molar-refractivity contribution in [2.45, 2.75) is 31.2 Å². The van der Waals surface area contributed by atoms with Gasteiger partial charge < -0.3 is 25.3 Å². The number of methoxy groups -OCH3 is 2. The van der Waals surface area contributed by atoms with Crippen molar-refractivity contribution in [2.24, 2.45) is 5.73 Å². The quantitative estimate of drug-likeness (QED) is 0.234. The van der Waals surface area contributed by atoms with E-state index >= 15 is 4.39 Å². The van der Waals surface area contributed by atoms with Gasteiger partial charge in [-0.3, -0.25) is 9.69 Å². The van der Waals surface area contributed by atoms with Gasteiger partial charge in [-0.05, 0) is 96.1 Å². The third kappa shape index (κ3) is 6.20. The number of carbonyl (C=O) groups excluding carboxylic acids is 3. The van der Waals surface area contributed by atoms with Gasteiger partial charge in [-0.15, -0.1) is 0 Å². The first-order chi connectivity index (χ1) is 19.2. The number of hydrogen-bond acceptors (Lipinski definition) is 7. The van der Waals surface area contributed by atoms with Crippen LogP contribution in [0.4, 0.5) is 20.6 Å². The van der Waals surface area contributed by atoms with Crippen LogP contribution in [-0.2, 0) is 16.0 Å². The number of Topliss-reactive ketones (excluding diaryl/α,β-unsaturated/α-hetero) is 1. The Morgan fingerprint density at radius 3 is 2.40 bits per heavy atom. The van der Waals surface area contributed by atoms with Crippen LogP contribution in [0, 0.1) is 3.57 Å². The van der Waals surface area contributed by atoms with E-state index in [1.54, 1.807) is 30.3 Å². The molecule has 2 amide bonds. The maximum Gasteiger partial charge on any atom is 0.337 e. The molecule has 40 heavy (non-hydrogen) atoms. The van der Waals surface area contributed by atoms with E-state index in [1.807, 2.05) is 12.1 Å². The number of hydrogen-bond donors (Lipinski definition) is 2. The number of nitrogens with zero attached hydrogens (tertiary/aromatic N) is 1. The number of ketones is 1. The van der Waals surface area contributed by atoms with Crippen LogP contribution in [0.2, 0.25) is 0 Å². The van der Waals surface area contributed by atoms with Gasteiger partial charge in [-0.25, -0.2) is 9.59 Å². The summed E-state index contributed by atoms with van der Waals surface area (Å²) in [4.78, 5) is 39.0. The van der Waals surface area contributed by atoms with Gasteiger partial charge in [0.25, 0.3) is 0 Å². The molecule has 0 aliphatic carbocycles. The van der Waals surface area contributed by atoms with E-state index in [0.717, 1.165) is 3.57 Å². The highest BCUT2D eigenvalue weighted by atomic mass is 127. The van der Waals surface area contributed by atoms with Crippen molar-refractivity contribution in [3.8, 4) is 11.5 Å². The highest BCUT2D eigenvalue weighted by Crippen LogP contribution is 2.37. The smallest absolute Gasteiger partial charge is 0.337 e. The fourth-order valence-corrected chi connectivity index (χ4v) is 5.22. The van der Waals surface area contributed by atoms with Crippen molar-refractivity contribution in [3.63, 3.8) is 0 Å². The number of ether oxygens (including phenoxy) is 3. The lowest BCUT2D eigenvalue weighted by atomic mass is 9.96. The minimum absolute atomic E-state index is 0.0969. The van der Waals surface area contributed by atoms with E-state index in [9.17, 15) is 14.4 Å². The molecule has 4 rings (SSSR count). The minimum atomic E-state index is -2.67. The standard InChI is InChI=1S/C29H29FIN3O6/c1-38-24-16-18(9-14-23(24)34(28(32)37)22-7-4-3-6-21(22)31)17-26(35)29(30,25-8-5-15-33-25)40-20-12-10-19(11-13-20)27(36)39-2/h3-4,6-7,9-14,16,25,33H,5,8,15,17H2,1-2H3,(H2,32,37). The Morgan fingerprint density at radius 2 is 1.80 bits per heavy atom. The second-order valence-electron chi connectivity index (χ2n) is 9.14. The number of rotatable bonds is 10. The Hall–Kier alpha value is -3.71. The largest absolute Gasteiger partial charge is 0.495 e. The lowest BCUT2D eigenvalue weighted by Crippen LogP contribution is -2.55. The molecule has 0 spiro atoms. The van der Waals surface area contributed by atoms with E-state index in [0.29, 0.717) is 36.3 Å². The fourth-order valence-electron chi connectivity index (χ4n) is 4.60. The summed E-state index contributed by atoms with van der Waals surface area (Å²) in [5.74, 6) is -3.62. The van der Waals surface area contributed by atoms with Crippen LogP contribution in [-0.4, -0.2) is 50.4 Å². The number of amides is 2. The summed E-state index contributed by atoms with van der Waals surface area (Å²) in [5, 5.41) is 3.03. The normalized spacial score (nSPS) is 16.1. The molecule has 11 heteroatoms. The number of halogens is 2. The van der Waals surface area contributed by atoms with Crippen LogP contribution in [0.3, 0.4) is 0 Å². The van der Waals surface area contributed by atoms with Gasteiger partial charge in [0.1, 0.15) is 11.5 Å².